The second-order valence-corrected chi connectivity index (χ2v) is 5.69. The van der Waals surface area contributed by atoms with Crippen LogP contribution in [0.25, 0.3) is 0 Å². The summed E-state index contributed by atoms with van der Waals surface area (Å²) in [5.41, 5.74) is 1.34. The zero-order chi connectivity index (χ0) is 14.5. The van der Waals surface area contributed by atoms with Gasteiger partial charge in [0.2, 0.25) is 0 Å². The molecule has 1 aliphatic rings. The second kappa shape index (κ2) is 6.96. The molecular weight excluding hydrogens is 262 g/mol. The Morgan fingerprint density at radius 3 is 2.81 bits per heavy atom. The first-order valence-electron chi connectivity index (χ1n) is 8.00. The van der Waals surface area contributed by atoms with E-state index in [0.29, 0.717) is 6.04 Å². The van der Waals surface area contributed by atoms with E-state index in [0.717, 1.165) is 25.4 Å². The van der Waals surface area contributed by atoms with Gasteiger partial charge in [-0.2, -0.15) is 0 Å². The molecule has 1 unspecified atom stereocenters. The normalized spacial score (nSPS) is 17.4. The van der Waals surface area contributed by atoms with E-state index in [1.807, 2.05) is 6.07 Å². The SMILES string of the molecule is CCn1cccc1CNCC(c1ccco1)N1CCCC1. The van der Waals surface area contributed by atoms with Crippen LogP contribution < -0.4 is 5.32 Å². The minimum atomic E-state index is 0.354. The summed E-state index contributed by atoms with van der Waals surface area (Å²) < 4.78 is 7.94. The Kier molecular flexibility index (Phi) is 4.78. The molecular formula is C17H25N3O. The molecule has 3 rings (SSSR count). The lowest BCUT2D eigenvalue weighted by molar-refractivity contribution is 0.209. The lowest BCUT2D eigenvalue weighted by Crippen LogP contribution is -2.34. The Hall–Kier alpha value is -1.52. The van der Waals surface area contributed by atoms with Crippen LogP contribution in [-0.2, 0) is 13.1 Å². The molecule has 1 atom stereocenters. The third kappa shape index (κ3) is 3.39. The summed E-state index contributed by atoms with van der Waals surface area (Å²) in [6.07, 6.45) is 6.52. The van der Waals surface area contributed by atoms with Crippen LogP contribution in [0.3, 0.4) is 0 Å². The minimum Gasteiger partial charge on any atom is -0.468 e. The summed E-state index contributed by atoms with van der Waals surface area (Å²) in [7, 11) is 0. The van der Waals surface area contributed by atoms with Crippen molar-refractivity contribution in [2.75, 3.05) is 19.6 Å². The number of furan rings is 1. The molecule has 0 spiro atoms. The second-order valence-electron chi connectivity index (χ2n) is 5.69. The quantitative estimate of drug-likeness (QED) is 0.850. The number of aryl methyl sites for hydroxylation is 1. The Balaban J connectivity index is 1.60. The highest BCUT2D eigenvalue weighted by Crippen LogP contribution is 2.24. The van der Waals surface area contributed by atoms with E-state index in [-0.39, 0.29) is 0 Å². The molecule has 2 aromatic heterocycles. The number of hydrogen-bond acceptors (Lipinski definition) is 3. The summed E-state index contributed by atoms with van der Waals surface area (Å²) in [4.78, 5) is 2.53. The summed E-state index contributed by atoms with van der Waals surface area (Å²) >= 11 is 0. The fraction of sp³-hybridized carbons (Fsp3) is 0.529. The van der Waals surface area contributed by atoms with Crippen LogP contribution in [0.5, 0.6) is 0 Å². The number of rotatable bonds is 7. The maximum absolute atomic E-state index is 5.65. The van der Waals surface area contributed by atoms with E-state index in [1.54, 1.807) is 6.26 Å². The van der Waals surface area contributed by atoms with Gasteiger partial charge in [0.05, 0.1) is 12.3 Å². The van der Waals surface area contributed by atoms with Gasteiger partial charge in [-0.05, 0) is 57.1 Å². The van der Waals surface area contributed by atoms with Crippen LogP contribution in [0.1, 0.15) is 37.3 Å². The van der Waals surface area contributed by atoms with Crippen LogP contribution in [0.15, 0.2) is 41.1 Å². The van der Waals surface area contributed by atoms with Crippen LogP contribution in [-0.4, -0.2) is 29.1 Å². The first-order chi connectivity index (χ1) is 10.4. The third-order valence-electron chi connectivity index (χ3n) is 4.36. The van der Waals surface area contributed by atoms with Crippen molar-refractivity contribution in [2.45, 2.75) is 38.9 Å². The average Bonchev–Trinajstić information content (AvgIpc) is 3.24. The molecule has 0 aromatic carbocycles. The van der Waals surface area contributed by atoms with Crippen molar-refractivity contribution >= 4 is 0 Å². The Labute approximate surface area is 126 Å². The Bertz CT molecular complexity index is 526. The lowest BCUT2D eigenvalue weighted by atomic mass is 10.2. The van der Waals surface area contributed by atoms with Crippen LogP contribution in [0.4, 0.5) is 0 Å². The van der Waals surface area contributed by atoms with E-state index in [1.165, 1.54) is 31.6 Å². The van der Waals surface area contributed by atoms with Crippen LogP contribution >= 0.6 is 0 Å². The summed E-state index contributed by atoms with van der Waals surface area (Å²) in [5, 5.41) is 3.61. The van der Waals surface area contributed by atoms with Gasteiger partial charge in [0.15, 0.2) is 0 Å². The third-order valence-corrected chi connectivity index (χ3v) is 4.36. The van der Waals surface area contributed by atoms with Crippen molar-refractivity contribution in [3.8, 4) is 0 Å². The predicted octanol–water partition coefficient (Wildman–Crippen LogP) is 3.03. The lowest BCUT2D eigenvalue weighted by Gasteiger charge is -2.26. The highest BCUT2D eigenvalue weighted by molar-refractivity contribution is 5.08. The molecule has 114 valence electrons. The van der Waals surface area contributed by atoms with Crippen molar-refractivity contribution in [3.05, 3.63) is 48.2 Å². The number of likely N-dealkylation sites (tertiary alicyclic amines) is 1. The molecule has 0 saturated carbocycles. The van der Waals surface area contributed by atoms with Gasteiger partial charge in [0.1, 0.15) is 5.76 Å². The van der Waals surface area contributed by atoms with Gasteiger partial charge in [0.25, 0.3) is 0 Å². The maximum atomic E-state index is 5.65. The molecule has 1 N–H and O–H groups in total. The van der Waals surface area contributed by atoms with Crippen LogP contribution in [0, 0.1) is 0 Å². The largest absolute Gasteiger partial charge is 0.468 e. The predicted molar refractivity (Wildman–Crippen MR) is 84.1 cm³/mol. The molecule has 0 radical (unpaired) electrons. The Morgan fingerprint density at radius 1 is 1.24 bits per heavy atom. The van der Waals surface area contributed by atoms with E-state index < -0.39 is 0 Å². The first-order valence-corrected chi connectivity index (χ1v) is 8.00. The molecule has 3 heterocycles. The number of aromatic nitrogens is 1. The van der Waals surface area contributed by atoms with E-state index in [4.69, 9.17) is 4.42 Å². The van der Waals surface area contributed by atoms with E-state index in [9.17, 15) is 0 Å². The van der Waals surface area contributed by atoms with Crippen molar-refractivity contribution in [1.29, 1.82) is 0 Å². The van der Waals surface area contributed by atoms with Gasteiger partial charge in [-0.25, -0.2) is 0 Å². The molecule has 0 amide bonds. The molecule has 21 heavy (non-hydrogen) atoms. The van der Waals surface area contributed by atoms with E-state index in [2.05, 4.69) is 46.1 Å². The van der Waals surface area contributed by atoms with Gasteiger partial charge < -0.3 is 14.3 Å². The monoisotopic (exact) mass is 287 g/mol. The fourth-order valence-corrected chi connectivity index (χ4v) is 3.20. The molecule has 1 aliphatic heterocycles. The van der Waals surface area contributed by atoms with Crippen molar-refractivity contribution in [3.63, 3.8) is 0 Å². The molecule has 0 bridgehead atoms. The molecule has 4 heteroatoms. The summed E-state index contributed by atoms with van der Waals surface area (Å²) in [6, 6.07) is 8.74. The standard InChI is InChI=1S/C17H25N3O/c1-2-19-11-5-7-15(19)13-18-14-16(17-8-6-12-21-17)20-9-3-4-10-20/h5-8,11-12,16,18H,2-4,9-10,13-14H2,1H3. The summed E-state index contributed by atoms with van der Waals surface area (Å²) in [6.45, 7) is 7.40. The molecule has 2 aromatic rings. The summed E-state index contributed by atoms with van der Waals surface area (Å²) in [5.74, 6) is 1.08. The van der Waals surface area contributed by atoms with Crippen molar-refractivity contribution in [1.82, 2.24) is 14.8 Å². The zero-order valence-electron chi connectivity index (χ0n) is 12.8. The van der Waals surface area contributed by atoms with Gasteiger partial charge in [-0.1, -0.05) is 0 Å². The molecule has 4 nitrogen and oxygen atoms in total. The van der Waals surface area contributed by atoms with Gasteiger partial charge in [0, 0.05) is 31.5 Å². The maximum Gasteiger partial charge on any atom is 0.122 e. The zero-order valence-corrected chi connectivity index (χ0v) is 12.8. The van der Waals surface area contributed by atoms with Crippen molar-refractivity contribution < 1.29 is 4.42 Å². The van der Waals surface area contributed by atoms with Crippen molar-refractivity contribution in [2.24, 2.45) is 0 Å². The topological polar surface area (TPSA) is 33.3 Å². The molecule has 1 saturated heterocycles. The number of nitrogens with zero attached hydrogens (tertiary/aromatic N) is 2. The molecule has 0 aliphatic carbocycles. The fourth-order valence-electron chi connectivity index (χ4n) is 3.20. The van der Waals surface area contributed by atoms with Gasteiger partial charge in [-0.3, -0.25) is 4.90 Å². The van der Waals surface area contributed by atoms with Gasteiger partial charge >= 0.3 is 0 Å². The Morgan fingerprint density at radius 2 is 2.10 bits per heavy atom. The highest BCUT2D eigenvalue weighted by Gasteiger charge is 2.25. The van der Waals surface area contributed by atoms with Crippen LogP contribution in [0.2, 0.25) is 0 Å². The number of nitrogens with one attached hydrogen (secondary N) is 1. The molecule has 1 fully saturated rings. The first kappa shape index (κ1) is 14.4. The smallest absolute Gasteiger partial charge is 0.122 e. The number of hydrogen-bond donors (Lipinski definition) is 1. The highest BCUT2D eigenvalue weighted by atomic mass is 16.3. The minimum absolute atomic E-state index is 0.354. The van der Waals surface area contributed by atoms with Gasteiger partial charge in [-0.15, -0.1) is 0 Å². The average molecular weight is 287 g/mol. The van der Waals surface area contributed by atoms with E-state index >= 15 is 0 Å².